The van der Waals surface area contributed by atoms with Gasteiger partial charge in [0.1, 0.15) is 26.4 Å². The third-order valence-electron chi connectivity index (χ3n) is 4.79. The second-order valence-corrected chi connectivity index (χ2v) is 7.44. The highest BCUT2D eigenvalue weighted by Gasteiger charge is 2.06. The van der Waals surface area contributed by atoms with Crippen molar-refractivity contribution in [3.63, 3.8) is 0 Å². The van der Waals surface area contributed by atoms with E-state index in [1.165, 1.54) is 0 Å². The Kier molecular flexibility index (Phi) is 13.0. The average Bonchev–Trinajstić information content (AvgIpc) is 2.86. The Bertz CT molecular complexity index is 657. The van der Waals surface area contributed by atoms with Crippen LogP contribution in [0.15, 0.2) is 48.5 Å². The SMILES string of the molecule is c1ccc2c(c1)OCCOCCCOCCOc1ccccc1OCCOCCCOCCO2. The highest BCUT2D eigenvalue weighted by Crippen LogP contribution is 2.27. The van der Waals surface area contributed by atoms with Gasteiger partial charge in [-0.2, -0.15) is 0 Å². The van der Waals surface area contributed by atoms with E-state index in [9.17, 15) is 0 Å². The Hall–Kier alpha value is -2.52. The summed E-state index contributed by atoms with van der Waals surface area (Å²) in [7, 11) is 0. The number of para-hydroxylation sites is 4. The molecule has 0 amide bonds. The topological polar surface area (TPSA) is 73.8 Å². The predicted octanol–water partition coefficient (Wildman–Crippen LogP) is 3.76. The molecule has 0 unspecified atom stereocenters. The summed E-state index contributed by atoms with van der Waals surface area (Å²) in [6.07, 6.45) is 1.61. The molecule has 1 aliphatic rings. The Morgan fingerprint density at radius 2 is 0.588 bits per heavy atom. The van der Waals surface area contributed by atoms with Gasteiger partial charge in [-0.1, -0.05) is 24.3 Å². The number of rotatable bonds is 0. The first kappa shape index (κ1) is 26.1. The van der Waals surface area contributed by atoms with Gasteiger partial charge in [-0.3, -0.25) is 0 Å². The zero-order valence-electron chi connectivity index (χ0n) is 19.8. The van der Waals surface area contributed by atoms with E-state index in [0.29, 0.717) is 102 Å². The first-order valence-corrected chi connectivity index (χ1v) is 11.9. The number of benzene rings is 2. The molecule has 0 radical (unpaired) electrons. The van der Waals surface area contributed by atoms with Crippen LogP contribution in [0, 0.1) is 0 Å². The molecule has 0 aliphatic carbocycles. The third-order valence-corrected chi connectivity index (χ3v) is 4.79. The molecule has 0 N–H and O–H groups in total. The molecular weight excluding hydrogens is 440 g/mol. The molecule has 2 aromatic carbocycles. The van der Waals surface area contributed by atoms with Gasteiger partial charge in [0.25, 0.3) is 0 Å². The van der Waals surface area contributed by atoms with Crippen molar-refractivity contribution < 1.29 is 37.9 Å². The molecule has 0 fully saturated rings. The highest BCUT2D eigenvalue weighted by atomic mass is 16.6. The fraction of sp³-hybridized carbons (Fsp3) is 0.538. The molecule has 188 valence electrons. The molecule has 2 aromatic rings. The summed E-state index contributed by atoms with van der Waals surface area (Å²) >= 11 is 0. The van der Waals surface area contributed by atoms with E-state index >= 15 is 0 Å². The lowest BCUT2D eigenvalue weighted by Gasteiger charge is -2.14. The van der Waals surface area contributed by atoms with E-state index in [2.05, 4.69) is 0 Å². The first-order chi connectivity index (χ1) is 16.9. The highest BCUT2D eigenvalue weighted by molar-refractivity contribution is 5.40. The van der Waals surface area contributed by atoms with Gasteiger partial charge in [-0.25, -0.2) is 0 Å². The van der Waals surface area contributed by atoms with Crippen LogP contribution in [-0.4, -0.2) is 79.3 Å². The van der Waals surface area contributed by atoms with Gasteiger partial charge in [0.15, 0.2) is 23.0 Å². The number of fused-ring (bicyclic) bond motifs is 2. The van der Waals surface area contributed by atoms with Crippen molar-refractivity contribution in [3.8, 4) is 23.0 Å². The van der Waals surface area contributed by atoms with E-state index in [4.69, 9.17) is 37.9 Å². The van der Waals surface area contributed by atoms with Crippen molar-refractivity contribution in [1.29, 1.82) is 0 Å². The smallest absolute Gasteiger partial charge is 0.161 e. The maximum Gasteiger partial charge on any atom is 0.161 e. The summed E-state index contributed by atoms with van der Waals surface area (Å²) in [6, 6.07) is 15.2. The van der Waals surface area contributed by atoms with E-state index in [1.54, 1.807) is 0 Å². The van der Waals surface area contributed by atoms with Crippen LogP contribution in [0.5, 0.6) is 23.0 Å². The van der Waals surface area contributed by atoms with E-state index in [-0.39, 0.29) is 0 Å². The first-order valence-electron chi connectivity index (χ1n) is 11.9. The molecule has 8 heteroatoms. The molecule has 1 heterocycles. The van der Waals surface area contributed by atoms with E-state index in [1.807, 2.05) is 48.5 Å². The number of ether oxygens (including phenoxy) is 8. The van der Waals surface area contributed by atoms with Gasteiger partial charge in [-0.15, -0.1) is 0 Å². The molecule has 0 saturated carbocycles. The Labute approximate surface area is 202 Å². The van der Waals surface area contributed by atoms with Crippen molar-refractivity contribution >= 4 is 0 Å². The molecule has 1 aliphatic heterocycles. The molecule has 0 aromatic heterocycles. The Balaban J connectivity index is 1.42. The zero-order chi connectivity index (χ0) is 23.5. The van der Waals surface area contributed by atoms with Crippen LogP contribution in [0.25, 0.3) is 0 Å². The summed E-state index contributed by atoms with van der Waals surface area (Å²) in [4.78, 5) is 0. The Morgan fingerprint density at radius 1 is 0.324 bits per heavy atom. The van der Waals surface area contributed by atoms with Crippen LogP contribution in [0.1, 0.15) is 12.8 Å². The van der Waals surface area contributed by atoms with Crippen LogP contribution in [0.4, 0.5) is 0 Å². The van der Waals surface area contributed by atoms with E-state index in [0.717, 1.165) is 12.8 Å². The monoisotopic (exact) mass is 476 g/mol. The van der Waals surface area contributed by atoms with Crippen molar-refractivity contribution in [2.24, 2.45) is 0 Å². The summed E-state index contributed by atoms with van der Waals surface area (Å²) in [5.74, 6) is 2.81. The van der Waals surface area contributed by atoms with Crippen LogP contribution in [0.2, 0.25) is 0 Å². The van der Waals surface area contributed by atoms with Crippen LogP contribution in [0.3, 0.4) is 0 Å². The van der Waals surface area contributed by atoms with Crippen molar-refractivity contribution in [2.75, 3.05) is 79.3 Å². The average molecular weight is 477 g/mol. The summed E-state index contributed by atoms with van der Waals surface area (Å²) < 4.78 is 45.8. The van der Waals surface area contributed by atoms with Crippen LogP contribution >= 0.6 is 0 Å². The summed E-state index contributed by atoms with van der Waals surface area (Å²) in [5, 5.41) is 0. The van der Waals surface area contributed by atoms with Gasteiger partial charge >= 0.3 is 0 Å². The zero-order valence-corrected chi connectivity index (χ0v) is 19.8. The fourth-order valence-corrected chi connectivity index (χ4v) is 3.15. The molecule has 3 rings (SSSR count). The minimum absolute atomic E-state index is 0.451. The van der Waals surface area contributed by atoms with Gasteiger partial charge in [0, 0.05) is 26.4 Å². The second kappa shape index (κ2) is 17.0. The van der Waals surface area contributed by atoms with Crippen molar-refractivity contribution in [2.45, 2.75) is 12.8 Å². The third kappa shape index (κ3) is 10.6. The summed E-state index contributed by atoms with van der Waals surface area (Å²) in [5.41, 5.74) is 0. The predicted molar refractivity (Wildman–Crippen MR) is 127 cm³/mol. The van der Waals surface area contributed by atoms with Gasteiger partial charge in [0.2, 0.25) is 0 Å². The molecule has 0 saturated heterocycles. The van der Waals surface area contributed by atoms with Crippen LogP contribution < -0.4 is 18.9 Å². The molecular formula is C26H36O8. The quantitative estimate of drug-likeness (QED) is 0.569. The van der Waals surface area contributed by atoms with Gasteiger partial charge in [-0.05, 0) is 37.1 Å². The second-order valence-electron chi connectivity index (χ2n) is 7.44. The van der Waals surface area contributed by atoms with Crippen molar-refractivity contribution in [3.05, 3.63) is 48.5 Å². The van der Waals surface area contributed by atoms with Gasteiger partial charge < -0.3 is 37.9 Å². The maximum atomic E-state index is 5.81. The minimum atomic E-state index is 0.451. The molecule has 0 spiro atoms. The molecule has 34 heavy (non-hydrogen) atoms. The molecule has 8 nitrogen and oxygen atoms in total. The number of hydrogen-bond donors (Lipinski definition) is 0. The molecule has 0 atom stereocenters. The maximum absolute atomic E-state index is 5.81. The minimum Gasteiger partial charge on any atom is -0.487 e. The fourth-order valence-electron chi connectivity index (χ4n) is 3.15. The summed E-state index contributed by atoms with van der Waals surface area (Å²) in [6.45, 7) is 6.24. The lowest BCUT2D eigenvalue weighted by atomic mass is 10.3. The number of hydrogen-bond acceptors (Lipinski definition) is 8. The van der Waals surface area contributed by atoms with Crippen LogP contribution in [-0.2, 0) is 18.9 Å². The lowest BCUT2D eigenvalue weighted by Crippen LogP contribution is -2.13. The van der Waals surface area contributed by atoms with Crippen molar-refractivity contribution in [1.82, 2.24) is 0 Å². The Morgan fingerprint density at radius 3 is 0.853 bits per heavy atom. The standard InChI is InChI=1S/C26H36O8/c1-2-8-24-23(7-1)31-19-15-27-11-5-13-29-17-21-33-25-9-3-4-10-26(25)34-22-18-30-14-6-12-28-16-20-32-24/h1-4,7-10H,5-6,11-22H2. The lowest BCUT2D eigenvalue weighted by molar-refractivity contribution is 0.0522. The van der Waals surface area contributed by atoms with E-state index < -0.39 is 0 Å². The molecule has 0 bridgehead atoms. The van der Waals surface area contributed by atoms with Gasteiger partial charge in [0.05, 0.1) is 26.4 Å². The normalized spacial score (nSPS) is 18.6. The largest absolute Gasteiger partial charge is 0.487 e.